The van der Waals surface area contributed by atoms with E-state index in [4.69, 9.17) is 0 Å². The van der Waals surface area contributed by atoms with Gasteiger partial charge in [0.15, 0.2) is 5.13 Å². The molecule has 2 amide bonds. The summed E-state index contributed by atoms with van der Waals surface area (Å²) in [7, 11) is 0. The lowest BCUT2D eigenvalue weighted by Crippen LogP contribution is -2.43. The summed E-state index contributed by atoms with van der Waals surface area (Å²) in [5.41, 5.74) is 0.379. The highest BCUT2D eigenvalue weighted by molar-refractivity contribution is 7.14. The molecule has 110 valence electrons. The van der Waals surface area contributed by atoms with Gasteiger partial charge in [0.05, 0.1) is 0 Å². The first kappa shape index (κ1) is 15.0. The second kappa shape index (κ2) is 6.35. The first-order chi connectivity index (χ1) is 9.47. The Morgan fingerprint density at radius 2 is 2.10 bits per heavy atom. The molecule has 0 saturated heterocycles. The number of nitrogens with one attached hydrogen (secondary N) is 2. The van der Waals surface area contributed by atoms with Gasteiger partial charge in [-0.1, -0.05) is 26.7 Å². The number of rotatable bonds is 3. The third kappa shape index (κ3) is 3.56. The Labute approximate surface area is 123 Å². The number of hydrogen-bond acceptors (Lipinski definition) is 4. The van der Waals surface area contributed by atoms with Gasteiger partial charge in [-0.25, -0.2) is 4.98 Å². The summed E-state index contributed by atoms with van der Waals surface area (Å²) >= 11 is 1.27. The van der Waals surface area contributed by atoms with Crippen molar-refractivity contribution >= 4 is 28.3 Å². The molecule has 1 saturated carbocycles. The van der Waals surface area contributed by atoms with Crippen LogP contribution >= 0.6 is 11.3 Å². The van der Waals surface area contributed by atoms with Crippen molar-refractivity contribution in [1.29, 1.82) is 0 Å². The molecule has 1 heterocycles. The third-order valence-electron chi connectivity index (χ3n) is 4.04. The van der Waals surface area contributed by atoms with Crippen LogP contribution < -0.4 is 10.6 Å². The van der Waals surface area contributed by atoms with Gasteiger partial charge < -0.3 is 10.6 Å². The Hall–Kier alpha value is -1.43. The molecule has 3 unspecified atom stereocenters. The van der Waals surface area contributed by atoms with E-state index in [-0.39, 0.29) is 17.9 Å². The van der Waals surface area contributed by atoms with Gasteiger partial charge >= 0.3 is 0 Å². The molecular weight excluding hydrogens is 274 g/mol. The van der Waals surface area contributed by atoms with E-state index in [1.54, 1.807) is 5.38 Å². The third-order valence-corrected chi connectivity index (χ3v) is 4.80. The van der Waals surface area contributed by atoms with Gasteiger partial charge in [0, 0.05) is 18.3 Å². The van der Waals surface area contributed by atoms with E-state index >= 15 is 0 Å². The van der Waals surface area contributed by atoms with Crippen LogP contribution in [0.3, 0.4) is 0 Å². The lowest BCUT2D eigenvalue weighted by molar-refractivity contribution is -0.114. The van der Waals surface area contributed by atoms with Crippen LogP contribution in [0.15, 0.2) is 5.38 Å². The average molecular weight is 295 g/mol. The van der Waals surface area contributed by atoms with E-state index in [2.05, 4.69) is 29.5 Å². The summed E-state index contributed by atoms with van der Waals surface area (Å²) in [5, 5.41) is 7.81. The van der Waals surface area contributed by atoms with Gasteiger partial charge in [-0.2, -0.15) is 0 Å². The largest absolute Gasteiger partial charge is 0.348 e. The van der Waals surface area contributed by atoms with Crippen LogP contribution in [0.1, 0.15) is 50.5 Å². The van der Waals surface area contributed by atoms with E-state index in [9.17, 15) is 9.59 Å². The predicted octanol–water partition coefficient (Wildman–Crippen LogP) is 2.66. The molecule has 0 aliphatic heterocycles. The van der Waals surface area contributed by atoms with Gasteiger partial charge in [0.2, 0.25) is 5.91 Å². The number of carbonyl (C=O) groups excluding carboxylic acids is 2. The van der Waals surface area contributed by atoms with Crippen LogP contribution in [0.2, 0.25) is 0 Å². The summed E-state index contributed by atoms with van der Waals surface area (Å²) < 4.78 is 0. The van der Waals surface area contributed by atoms with Gasteiger partial charge in [-0.15, -0.1) is 11.3 Å². The molecule has 1 aromatic heterocycles. The molecule has 3 atom stereocenters. The first-order valence-corrected chi connectivity index (χ1v) is 7.89. The summed E-state index contributed by atoms with van der Waals surface area (Å²) in [6.45, 7) is 5.85. The summed E-state index contributed by atoms with van der Waals surface area (Å²) in [4.78, 5) is 27.3. The van der Waals surface area contributed by atoms with Crippen molar-refractivity contribution in [3.05, 3.63) is 11.1 Å². The van der Waals surface area contributed by atoms with Crippen molar-refractivity contribution in [3.63, 3.8) is 0 Å². The number of amides is 2. The lowest BCUT2D eigenvalue weighted by Gasteiger charge is -2.34. The Balaban J connectivity index is 1.97. The minimum absolute atomic E-state index is 0.149. The molecule has 20 heavy (non-hydrogen) atoms. The van der Waals surface area contributed by atoms with Crippen LogP contribution in [-0.2, 0) is 4.79 Å². The lowest BCUT2D eigenvalue weighted by atomic mass is 9.78. The zero-order chi connectivity index (χ0) is 14.7. The highest BCUT2D eigenvalue weighted by Gasteiger charge is 2.28. The highest BCUT2D eigenvalue weighted by Crippen LogP contribution is 2.29. The van der Waals surface area contributed by atoms with Crippen LogP contribution in [0.25, 0.3) is 0 Å². The van der Waals surface area contributed by atoms with E-state index in [1.165, 1.54) is 24.7 Å². The number of hydrogen-bond donors (Lipinski definition) is 2. The molecule has 0 spiro atoms. The fourth-order valence-electron chi connectivity index (χ4n) is 2.61. The average Bonchev–Trinajstić information content (AvgIpc) is 2.82. The number of anilines is 1. The van der Waals surface area contributed by atoms with Crippen molar-refractivity contribution in [2.24, 2.45) is 11.8 Å². The van der Waals surface area contributed by atoms with Crippen molar-refractivity contribution < 1.29 is 9.59 Å². The first-order valence-electron chi connectivity index (χ1n) is 7.01. The molecule has 2 rings (SSSR count). The molecule has 2 N–H and O–H groups in total. The predicted molar refractivity (Wildman–Crippen MR) is 79.9 cm³/mol. The number of nitrogens with zero attached hydrogens (tertiary/aromatic N) is 1. The minimum Gasteiger partial charge on any atom is -0.348 e. The number of carbonyl (C=O) groups is 2. The smallest absolute Gasteiger partial charge is 0.271 e. The van der Waals surface area contributed by atoms with Crippen molar-refractivity contribution in [2.45, 2.75) is 46.1 Å². The molecule has 0 radical (unpaired) electrons. The molecule has 1 aliphatic carbocycles. The van der Waals surface area contributed by atoms with E-state index in [1.807, 2.05) is 0 Å². The van der Waals surface area contributed by atoms with Crippen LogP contribution in [0.4, 0.5) is 5.13 Å². The number of thiazole rings is 1. The van der Waals surface area contributed by atoms with Gasteiger partial charge in [-0.3, -0.25) is 9.59 Å². The zero-order valence-electron chi connectivity index (χ0n) is 12.1. The second-order valence-corrected chi connectivity index (χ2v) is 6.42. The zero-order valence-corrected chi connectivity index (χ0v) is 12.9. The molecule has 0 aromatic carbocycles. The van der Waals surface area contributed by atoms with Crippen LogP contribution in [-0.4, -0.2) is 22.8 Å². The Kier molecular flexibility index (Phi) is 4.75. The topological polar surface area (TPSA) is 71.1 Å². The second-order valence-electron chi connectivity index (χ2n) is 5.57. The molecule has 6 heteroatoms. The maximum Gasteiger partial charge on any atom is 0.271 e. The van der Waals surface area contributed by atoms with E-state index < -0.39 is 0 Å². The number of aromatic nitrogens is 1. The van der Waals surface area contributed by atoms with Gasteiger partial charge in [0.25, 0.3) is 5.91 Å². The summed E-state index contributed by atoms with van der Waals surface area (Å²) in [6, 6.07) is 0.220. The summed E-state index contributed by atoms with van der Waals surface area (Å²) in [5.74, 6) is 0.797. The van der Waals surface area contributed by atoms with Gasteiger partial charge in [-0.05, 0) is 18.3 Å². The highest BCUT2D eigenvalue weighted by atomic mass is 32.1. The van der Waals surface area contributed by atoms with Crippen LogP contribution in [0.5, 0.6) is 0 Å². The molecule has 5 nitrogen and oxygen atoms in total. The fourth-order valence-corrected chi connectivity index (χ4v) is 3.35. The van der Waals surface area contributed by atoms with E-state index in [0.29, 0.717) is 22.7 Å². The van der Waals surface area contributed by atoms with Crippen LogP contribution in [0, 0.1) is 11.8 Å². The molecule has 1 aromatic rings. The standard InChI is InChI=1S/C14H21N3O2S/c1-8-5-4-6-11(9(8)2)16-13(19)12-7-20-14(17-12)15-10(3)18/h7-9,11H,4-6H2,1-3H3,(H,16,19)(H,15,17,18). The molecule has 1 fully saturated rings. The normalized spacial score (nSPS) is 26.1. The quantitative estimate of drug-likeness (QED) is 0.900. The molecule has 0 bridgehead atoms. The molecular formula is C14H21N3O2S. The van der Waals surface area contributed by atoms with Crippen molar-refractivity contribution in [3.8, 4) is 0 Å². The SMILES string of the molecule is CC(=O)Nc1nc(C(=O)NC2CCCC(C)C2C)cs1. The Morgan fingerprint density at radius 1 is 1.35 bits per heavy atom. The van der Waals surface area contributed by atoms with Gasteiger partial charge in [0.1, 0.15) is 5.69 Å². The van der Waals surface area contributed by atoms with Crippen molar-refractivity contribution in [2.75, 3.05) is 5.32 Å². The van der Waals surface area contributed by atoms with Crippen molar-refractivity contribution in [1.82, 2.24) is 10.3 Å². The summed E-state index contributed by atoms with van der Waals surface area (Å²) in [6.07, 6.45) is 3.42. The monoisotopic (exact) mass is 295 g/mol. The Bertz CT molecular complexity index is 500. The molecule has 1 aliphatic rings. The fraction of sp³-hybridized carbons (Fsp3) is 0.643. The maximum atomic E-state index is 12.2. The van der Waals surface area contributed by atoms with E-state index in [0.717, 1.165) is 12.8 Å². The minimum atomic E-state index is -0.180. The maximum absolute atomic E-state index is 12.2. The Morgan fingerprint density at radius 3 is 2.80 bits per heavy atom.